The van der Waals surface area contributed by atoms with E-state index < -0.39 is 0 Å². The number of halogens is 1. The van der Waals surface area contributed by atoms with Gasteiger partial charge in [-0.3, -0.25) is 14.5 Å². The standard InChI is InChI=1S/C15H11BrN2O2/c16-10-3-1-2-9(6-10)8-18-14(19)12-5-4-11(17)7-13(12)15(18)20/h1-7H,8,17H2. The fourth-order valence-electron chi connectivity index (χ4n) is 2.27. The molecule has 0 fully saturated rings. The Morgan fingerprint density at radius 2 is 1.75 bits per heavy atom. The van der Waals surface area contributed by atoms with Gasteiger partial charge in [0.15, 0.2) is 0 Å². The van der Waals surface area contributed by atoms with Crippen LogP contribution >= 0.6 is 15.9 Å². The van der Waals surface area contributed by atoms with Crippen molar-refractivity contribution in [2.45, 2.75) is 6.54 Å². The zero-order chi connectivity index (χ0) is 14.3. The molecule has 2 aromatic carbocycles. The van der Waals surface area contributed by atoms with E-state index in [4.69, 9.17) is 5.73 Å². The first-order valence-corrected chi connectivity index (χ1v) is 6.86. The van der Waals surface area contributed by atoms with E-state index in [2.05, 4.69) is 15.9 Å². The predicted octanol–water partition coefficient (Wildman–Crippen LogP) is 2.83. The third kappa shape index (κ3) is 2.10. The van der Waals surface area contributed by atoms with Crippen molar-refractivity contribution < 1.29 is 9.59 Å². The molecule has 4 nitrogen and oxygen atoms in total. The number of fused-ring (bicyclic) bond motifs is 1. The zero-order valence-electron chi connectivity index (χ0n) is 10.5. The highest BCUT2D eigenvalue weighted by atomic mass is 79.9. The van der Waals surface area contributed by atoms with E-state index in [0.29, 0.717) is 16.8 Å². The summed E-state index contributed by atoms with van der Waals surface area (Å²) in [6, 6.07) is 12.3. The van der Waals surface area contributed by atoms with Crippen LogP contribution in [0.15, 0.2) is 46.9 Å². The molecular weight excluding hydrogens is 320 g/mol. The van der Waals surface area contributed by atoms with Crippen molar-refractivity contribution in [3.05, 3.63) is 63.6 Å². The van der Waals surface area contributed by atoms with Crippen molar-refractivity contribution in [3.8, 4) is 0 Å². The molecule has 20 heavy (non-hydrogen) atoms. The monoisotopic (exact) mass is 330 g/mol. The summed E-state index contributed by atoms with van der Waals surface area (Å²) in [5.41, 5.74) is 7.84. The van der Waals surface area contributed by atoms with Crippen molar-refractivity contribution in [1.29, 1.82) is 0 Å². The van der Waals surface area contributed by atoms with Crippen molar-refractivity contribution in [2.75, 3.05) is 5.73 Å². The molecule has 2 amide bonds. The second-order valence-corrected chi connectivity index (χ2v) is 5.55. The van der Waals surface area contributed by atoms with E-state index in [-0.39, 0.29) is 18.4 Å². The number of hydrogen-bond donors (Lipinski definition) is 1. The van der Waals surface area contributed by atoms with Crippen LogP contribution in [0.4, 0.5) is 5.69 Å². The van der Waals surface area contributed by atoms with E-state index in [0.717, 1.165) is 10.0 Å². The van der Waals surface area contributed by atoms with Crippen molar-refractivity contribution >= 4 is 33.4 Å². The lowest BCUT2D eigenvalue weighted by Crippen LogP contribution is -2.29. The van der Waals surface area contributed by atoms with Crippen LogP contribution in [0.25, 0.3) is 0 Å². The van der Waals surface area contributed by atoms with Crippen LogP contribution in [0.1, 0.15) is 26.3 Å². The lowest BCUT2D eigenvalue weighted by atomic mass is 10.1. The summed E-state index contributed by atoms with van der Waals surface area (Å²) in [5, 5.41) is 0. The summed E-state index contributed by atoms with van der Waals surface area (Å²) >= 11 is 3.37. The van der Waals surface area contributed by atoms with Gasteiger partial charge in [0.25, 0.3) is 11.8 Å². The molecule has 1 heterocycles. The average molecular weight is 331 g/mol. The van der Waals surface area contributed by atoms with Gasteiger partial charge in [0, 0.05) is 10.2 Å². The minimum absolute atomic E-state index is 0.256. The molecule has 0 spiro atoms. The number of rotatable bonds is 2. The molecule has 0 aromatic heterocycles. The maximum Gasteiger partial charge on any atom is 0.261 e. The Balaban J connectivity index is 1.94. The Morgan fingerprint density at radius 1 is 1.00 bits per heavy atom. The number of amides is 2. The van der Waals surface area contributed by atoms with Crippen LogP contribution in [0.5, 0.6) is 0 Å². The molecule has 0 aliphatic carbocycles. The lowest BCUT2D eigenvalue weighted by molar-refractivity contribution is 0.0642. The van der Waals surface area contributed by atoms with Crippen LogP contribution in [-0.4, -0.2) is 16.7 Å². The van der Waals surface area contributed by atoms with E-state index >= 15 is 0 Å². The minimum Gasteiger partial charge on any atom is -0.399 e. The Labute approximate surface area is 124 Å². The number of benzene rings is 2. The van der Waals surface area contributed by atoms with Gasteiger partial charge >= 0.3 is 0 Å². The average Bonchev–Trinajstić information content (AvgIpc) is 2.64. The van der Waals surface area contributed by atoms with E-state index in [1.807, 2.05) is 24.3 Å². The van der Waals surface area contributed by atoms with E-state index in [9.17, 15) is 9.59 Å². The SMILES string of the molecule is Nc1ccc2c(c1)C(=O)N(Cc1cccc(Br)c1)C2=O. The summed E-state index contributed by atoms with van der Waals surface area (Å²) in [5.74, 6) is -0.567. The fraction of sp³-hybridized carbons (Fsp3) is 0.0667. The molecule has 0 saturated carbocycles. The van der Waals surface area contributed by atoms with Gasteiger partial charge < -0.3 is 5.73 Å². The largest absolute Gasteiger partial charge is 0.399 e. The fourth-order valence-corrected chi connectivity index (χ4v) is 2.72. The number of hydrogen-bond acceptors (Lipinski definition) is 3. The highest BCUT2D eigenvalue weighted by Crippen LogP contribution is 2.26. The number of carbonyl (C=O) groups is 2. The van der Waals surface area contributed by atoms with Gasteiger partial charge in [0.1, 0.15) is 0 Å². The molecule has 2 N–H and O–H groups in total. The third-order valence-electron chi connectivity index (χ3n) is 3.22. The Bertz CT molecular complexity index is 728. The summed E-state index contributed by atoms with van der Waals surface area (Å²) in [7, 11) is 0. The zero-order valence-corrected chi connectivity index (χ0v) is 12.1. The lowest BCUT2D eigenvalue weighted by Gasteiger charge is -2.13. The molecule has 3 rings (SSSR count). The van der Waals surface area contributed by atoms with E-state index in [1.165, 1.54) is 4.90 Å². The van der Waals surface area contributed by atoms with Crippen LogP contribution in [0.2, 0.25) is 0 Å². The van der Waals surface area contributed by atoms with E-state index in [1.54, 1.807) is 18.2 Å². The summed E-state index contributed by atoms with van der Waals surface area (Å²) in [4.78, 5) is 25.8. The Hall–Kier alpha value is -2.14. The second kappa shape index (κ2) is 4.76. The summed E-state index contributed by atoms with van der Waals surface area (Å²) < 4.78 is 0.913. The molecule has 0 bridgehead atoms. The normalized spacial score (nSPS) is 13.8. The summed E-state index contributed by atoms with van der Waals surface area (Å²) in [6.07, 6.45) is 0. The highest BCUT2D eigenvalue weighted by Gasteiger charge is 2.35. The van der Waals surface area contributed by atoms with Gasteiger partial charge in [-0.05, 0) is 35.9 Å². The van der Waals surface area contributed by atoms with Gasteiger partial charge in [-0.15, -0.1) is 0 Å². The first-order valence-electron chi connectivity index (χ1n) is 6.06. The molecule has 1 aliphatic rings. The Kier molecular flexibility index (Phi) is 3.06. The summed E-state index contributed by atoms with van der Waals surface area (Å²) in [6.45, 7) is 0.256. The molecule has 1 aliphatic heterocycles. The van der Waals surface area contributed by atoms with Gasteiger partial charge in [0.05, 0.1) is 17.7 Å². The molecule has 0 saturated heterocycles. The first-order chi connectivity index (χ1) is 9.56. The smallest absolute Gasteiger partial charge is 0.261 e. The van der Waals surface area contributed by atoms with Crippen molar-refractivity contribution in [1.82, 2.24) is 4.90 Å². The van der Waals surface area contributed by atoms with Crippen LogP contribution in [0.3, 0.4) is 0 Å². The molecule has 0 unspecified atom stereocenters. The van der Waals surface area contributed by atoms with Gasteiger partial charge in [0.2, 0.25) is 0 Å². The topological polar surface area (TPSA) is 63.4 Å². The predicted molar refractivity (Wildman–Crippen MR) is 79.2 cm³/mol. The van der Waals surface area contributed by atoms with Crippen LogP contribution in [-0.2, 0) is 6.54 Å². The maximum atomic E-state index is 12.3. The number of imide groups is 1. The number of nitrogens with two attached hydrogens (primary N) is 1. The van der Waals surface area contributed by atoms with Gasteiger partial charge in [-0.25, -0.2) is 0 Å². The van der Waals surface area contributed by atoms with Crippen molar-refractivity contribution in [2.24, 2.45) is 0 Å². The quantitative estimate of drug-likeness (QED) is 0.680. The third-order valence-corrected chi connectivity index (χ3v) is 3.72. The minimum atomic E-state index is -0.294. The highest BCUT2D eigenvalue weighted by molar-refractivity contribution is 9.10. The molecular formula is C15H11BrN2O2. The second-order valence-electron chi connectivity index (χ2n) is 4.63. The van der Waals surface area contributed by atoms with Crippen molar-refractivity contribution in [3.63, 3.8) is 0 Å². The molecule has 2 aromatic rings. The molecule has 0 atom stereocenters. The number of nitrogens with zero attached hydrogens (tertiary/aromatic N) is 1. The number of anilines is 1. The van der Waals surface area contributed by atoms with Gasteiger partial charge in [-0.2, -0.15) is 0 Å². The van der Waals surface area contributed by atoms with Gasteiger partial charge in [-0.1, -0.05) is 28.1 Å². The number of nitrogen functional groups attached to an aromatic ring is 1. The van der Waals surface area contributed by atoms with Crippen LogP contribution < -0.4 is 5.73 Å². The molecule has 100 valence electrons. The number of carbonyl (C=O) groups excluding carboxylic acids is 2. The molecule has 0 radical (unpaired) electrons. The first kappa shape index (κ1) is 12.9. The maximum absolute atomic E-state index is 12.3. The Morgan fingerprint density at radius 3 is 2.50 bits per heavy atom. The molecule has 5 heteroatoms. The van der Waals surface area contributed by atoms with Crippen LogP contribution in [0, 0.1) is 0 Å².